The predicted octanol–water partition coefficient (Wildman–Crippen LogP) is 1.94. The van der Waals surface area contributed by atoms with Gasteiger partial charge in [0.1, 0.15) is 0 Å². The van der Waals surface area contributed by atoms with Gasteiger partial charge in [0.05, 0.1) is 5.92 Å². The highest BCUT2D eigenvalue weighted by atomic mass is 19.4. The van der Waals surface area contributed by atoms with E-state index in [1.807, 2.05) is 0 Å². The van der Waals surface area contributed by atoms with Crippen LogP contribution in [0.1, 0.15) is 19.3 Å². The van der Waals surface area contributed by atoms with Crippen molar-refractivity contribution >= 4 is 0 Å². The molecule has 11 heavy (non-hydrogen) atoms. The molecule has 1 aliphatic rings. The molecule has 66 valence electrons. The minimum Gasteiger partial charge on any atom is -0.316 e. The molecular weight excluding hydrogens is 155 g/mol. The van der Waals surface area contributed by atoms with Gasteiger partial charge in [0, 0.05) is 6.04 Å². The highest BCUT2D eigenvalue weighted by Crippen LogP contribution is 2.38. The van der Waals surface area contributed by atoms with Crippen LogP contribution in [0, 0.1) is 5.92 Å². The van der Waals surface area contributed by atoms with Crippen molar-refractivity contribution in [2.24, 2.45) is 5.92 Å². The molecule has 1 N–H and O–H groups in total. The van der Waals surface area contributed by atoms with E-state index in [-0.39, 0.29) is 12.5 Å². The van der Waals surface area contributed by atoms with Gasteiger partial charge in [-0.3, -0.25) is 0 Å². The fourth-order valence-electron chi connectivity index (χ4n) is 1.70. The molecule has 0 heterocycles. The zero-order valence-electron chi connectivity index (χ0n) is 6.41. The highest BCUT2D eigenvalue weighted by Gasteiger charge is 2.46. The molecule has 1 fully saturated rings. The first kappa shape index (κ1) is 8.84. The number of hydrogen-bond acceptors (Lipinski definition) is 1. The molecule has 0 unspecified atom stereocenters. The van der Waals surface area contributed by atoms with Crippen LogP contribution in [0.3, 0.4) is 0 Å². The van der Waals surface area contributed by atoms with E-state index in [1.165, 1.54) is 0 Å². The van der Waals surface area contributed by atoms with Crippen LogP contribution in [0.4, 0.5) is 13.2 Å². The second-order valence-electron chi connectivity index (χ2n) is 2.97. The van der Waals surface area contributed by atoms with Gasteiger partial charge in [-0.15, -0.1) is 0 Å². The van der Waals surface area contributed by atoms with Crippen molar-refractivity contribution in [2.45, 2.75) is 31.5 Å². The van der Waals surface area contributed by atoms with E-state index >= 15 is 0 Å². The van der Waals surface area contributed by atoms with Crippen molar-refractivity contribution in [1.82, 2.24) is 5.32 Å². The minimum absolute atomic E-state index is 0.287. The summed E-state index contributed by atoms with van der Waals surface area (Å²) in [5.41, 5.74) is 0. The van der Waals surface area contributed by atoms with Crippen LogP contribution in [0.5, 0.6) is 0 Å². The standard InChI is InChI=1S/C7H12F3N/c1-11-6-4-2-3-5(6)7(8,9)10/h5-6,11H,2-4H2,1H3/t5-,6+/m1/s1. The number of rotatable bonds is 1. The quantitative estimate of drug-likeness (QED) is 0.629. The van der Waals surface area contributed by atoms with Gasteiger partial charge in [0.15, 0.2) is 0 Å². The molecule has 0 aromatic rings. The fourth-order valence-corrected chi connectivity index (χ4v) is 1.70. The maximum Gasteiger partial charge on any atom is 0.393 e. The van der Waals surface area contributed by atoms with Crippen molar-refractivity contribution in [3.05, 3.63) is 0 Å². The van der Waals surface area contributed by atoms with E-state index in [2.05, 4.69) is 5.32 Å². The summed E-state index contributed by atoms with van der Waals surface area (Å²) in [7, 11) is 1.59. The molecule has 0 radical (unpaired) electrons. The van der Waals surface area contributed by atoms with Crippen molar-refractivity contribution in [3.63, 3.8) is 0 Å². The van der Waals surface area contributed by atoms with Crippen molar-refractivity contribution < 1.29 is 13.2 Å². The lowest BCUT2D eigenvalue weighted by Gasteiger charge is -2.21. The Hall–Kier alpha value is -0.250. The molecule has 2 atom stereocenters. The van der Waals surface area contributed by atoms with Gasteiger partial charge in [-0.1, -0.05) is 6.42 Å². The van der Waals surface area contributed by atoms with Crippen molar-refractivity contribution in [1.29, 1.82) is 0 Å². The summed E-state index contributed by atoms with van der Waals surface area (Å²) in [5, 5.41) is 2.70. The maximum absolute atomic E-state index is 12.2. The largest absolute Gasteiger partial charge is 0.393 e. The Morgan fingerprint density at radius 2 is 1.91 bits per heavy atom. The van der Waals surface area contributed by atoms with Gasteiger partial charge < -0.3 is 5.32 Å². The first-order valence-electron chi connectivity index (χ1n) is 3.79. The molecule has 0 amide bonds. The summed E-state index contributed by atoms with van der Waals surface area (Å²) in [4.78, 5) is 0. The molecular formula is C7H12F3N. The normalized spacial score (nSPS) is 32.7. The van der Waals surface area contributed by atoms with E-state index < -0.39 is 12.1 Å². The summed E-state index contributed by atoms with van der Waals surface area (Å²) in [6, 6.07) is -0.352. The van der Waals surface area contributed by atoms with Gasteiger partial charge in [-0.2, -0.15) is 13.2 Å². The zero-order chi connectivity index (χ0) is 8.48. The van der Waals surface area contributed by atoms with Gasteiger partial charge in [-0.25, -0.2) is 0 Å². The average Bonchev–Trinajstić information content (AvgIpc) is 2.31. The lowest BCUT2D eigenvalue weighted by molar-refractivity contribution is -0.177. The van der Waals surface area contributed by atoms with Crippen LogP contribution in [0.25, 0.3) is 0 Å². The van der Waals surface area contributed by atoms with Crippen molar-refractivity contribution in [2.75, 3.05) is 7.05 Å². The Labute approximate surface area is 64.0 Å². The molecule has 0 aromatic heterocycles. The summed E-state index contributed by atoms with van der Waals surface area (Å²) in [6.45, 7) is 0. The molecule has 0 bridgehead atoms. The molecule has 0 saturated heterocycles. The third kappa shape index (κ3) is 1.86. The van der Waals surface area contributed by atoms with E-state index in [4.69, 9.17) is 0 Å². The third-order valence-electron chi connectivity index (χ3n) is 2.31. The third-order valence-corrected chi connectivity index (χ3v) is 2.31. The van der Waals surface area contributed by atoms with Crippen molar-refractivity contribution in [3.8, 4) is 0 Å². The number of hydrogen-bond donors (Lipinski definition) is 1. The Kier molecular flexibility index (Phi) is 2.42. The van der Waals surface area contributed by atoms with Crippen LogP contribution >= 0.6 is 0 Å². The second kappa shape index (κ2) is 3.01. The lowest BCUT2D eigenvalue weighted by atomic mass is 10.0. The van der Waals surface area contributed by atoms with Crippen LogP contribution in [-0.2, 0) is 0 Å². The molecule has 0 spiro atoms. The van der Waals surface area contributed by atoms with E-state index in [0.29, 0.717) is 12.8 Å². The Morgan fingerprint density at radius 3 is 2.27 bits per heavy atom. The summed E-state index contributed by atoms with van der Waals surface area (Å²) in [5.74, 6) is -1.12. The SMILES string of the molecule is CN[C@H]1CCC[C@H]1C(F)(F)F. The maximum atomic E-state index is 12.2. The van der Waals surface area contributed by atoms with Gasteiger partial charge in [-0.05, 0) is 19.9 Å². The Morgan fingerprint density at radius 1 is 1.27 bits per heavy atom. The van der Waals surface area contributed by atoms with E-state index in [0.717, 1.165) is 0 Å². The van der Waals surface area contributed by atoms with Crippen LogP contribution < -0.4 is 5.32 Å². The Bertz CT molecular complexity index is 132. The molecule has 0 aliphatic heterocycles. The minimum atomic E-state index is -4.01. The molecule has 1 nitrogen and oxygen atoms in total. The summed E-state index contributed by atoms with van der Waals surface area (Å²) in [6.07, 6.45) is -2.38. The molecule has 4 heteroatoms. The van der Waals surface area contributed by atoms with Gasteiger partial charge in [0.2, 0.25) is 0 Å². The number of halogens is 3. The average molecular weight is 167 g/mol. The second-order valence-corrected chi connectivity index (χ2v) is 2.97. The molecule has 1 rings (SSSR count). The summed E-state index contributed by atoms with van der Waals surface area (Å²) < 4.78 is 36.5. The van der Waals surface area contributed by atoms with E-state index in [9.17, 15) is 13.2 Å². The van der Waals surface area contributed by atoms with Crippen LogP contribution in [0.15, 0.2) is 0 Å². The first-order valence-corrected chi connectivity index (χ1v) is 3.79. The highest BCUT2D eigenvalue weighted by molar-refractivity contribution is 4.86. The van der Waals surface area contributed by atoms with E-state index in [1.54, 1.807) is 7.05 Å². The monoisotopic (exact) mass is 167 g/mol. The zero-order valence-corrected chi connectivity index (χ0v) is 6.41. The van der Waals surface area contributed by atoms with Gasteiger partial charge >= 0.3 is 6.18 Å². The predicted molar refractivity (Wildman–Crippen MR) is 36.2 cm³/mol. The number of alkyl halides is 3. The fraction of sp³-hybridized carbons (Fsp3) is 1.00. The topological polar surface area (TPSA) is 12.0 Å². The van der Waals surface area contributed by atoms with Crippen LogP contribution in [0.2, 0.25) is 0 Å². The molecule has 0 aromatic carbocycles. The number of nitrogens with one attached hydrogen (secondary N) is 1. The smallest absolute Gasteiger partial charge is 0.316 e. The Balaban J connectivity index is 2.57. The molecule has 1 saturated carbocycles. The first-order chi connectivity index (χ1) is 5.05. The summed E-state index contributed by atoms with van der Waals surface area (Å²) >= 11 is 0. The lowest BCUT2D eigenvalue weighted by Crippen LogP contribution is -2.37. The van der Waals surface area contributed by atoms with Crippen LogP contribution in [-0.4, -0.2) is 19.3 Å². The molecule has 1 aliphatic carbocycles. The van der Waals surface area contributed by atoms with Gasteiger partial charge in [0.25, 0.3) is 0 Å².